The number of benzene rings is 3. The van der Waals surface area contributed by atoms with Crippen LogP contribution in [-0.2, 0) is 14.4 Å². The summed E-state index contributed by atoms with van der Waals surface area (Å²) in [6, 6.07) is 11.5. The Hall–Kier alpha value is -5.93. The molecule has 1 aromatic heterocycles. The number of nitrogens with zero attached hydrogens (tertiary/aromatic N) is 4. The number of carbonyl (C=O) groups excluding carboxylic acids is 5. The average molecular weight is 741 g/mol. The Balaban J connectivity index is 0.987. The molecule has 4 heterocycles. The van der Waals surface area contributed by atoms with Crippen molar-refractivity contribution < 1.29 is 33.1 Å². The molecule has 4 N–H and O–H groups in total. The molecule has 2 saturated heterocycles. The number of amides is 5. The molecule has 2 unspecified atom stereocenters. The summed E-state index contributed by atoms with van der Waals surface area (Å²) >= 11 is 5.95. The molecule has 3 aliphatic heterocycles. The number of aromatic nitrogens is 2. The van der Waals surface area contributed by atoms with Gasteiger partial charge in [-0.05, 0) is 62.2 Å². The standard InChI is InChI=1S/C37H34ClFN8O6/c1-53-30-17-27-23(34(41-19-40-27)43-20-9-10-25(39)24(38)15-20)16-28(30)44-31(48)8-4-14-46-13-3-5-21(18-46)42-26-7-2-6-22-33(26)37(52)47(36(22)51)29-11-12-32(49)45-35(29)50/h2,4,6-10,15-17,19,21,29,42H,3,5,11-14,18H2,1H3,(H,44,48)(H,40,41,43)(H,45,49,50)/b8-4+. The summed E-state index contributed by atoms with van der Waals surface area (Å²) in [6.07, 6.45) is 6.39. The predicted octanol–water partition coefficient (Wildman–Crippen LogP) is 4.65. The van der Waals surface area contributed by atoms with Gasteiger partial charge in [-0.15, -0.1) is 0 Å². The van der Waals surface area contributed by atoms with Crippen molar-refractivity contribution in [1.82, 2.24) is 25.1 Å². The molecule has 0 spiro atoms. The van der Waals surface area contributed by atoms with Gasteiger partial charge < -0.3 is 20.7 Å². The second-order valence-electron chi connectivity index (χ2n) is 12.9. The topological polar surface area (TPSA) is 175 Å². The van der Waals surface area contributed by atoms with Gasteiger partial charge in [0, 0.05) is 54.5 Å². The molecule has 7 rings (SSSR count). The summed E-state index contributed by atoms with van der Waals surface area (Å²) in [4.78, 5) is 75.8. The molecule has 14 nitrogen and oxygen atoms in total. The lowest BCUT2D eigenvalue weighted by Crippen LogP contribution is -2.54. The van der Waals surface area contributed by atoms with E-state index in [1.165, 1.54) is 37.7 Å². The quantitative estimate of drug-likeness (QED) is 0.132. The van der Waals surface area contributed by atoms with E-state index < -0.39 is 35.5 Å². The molecule has 0 aliphatic carbocycles. The highest BCUT2D eigenvalue weighted by molar-refractivity contribution is 6.31. The molecule has 272 valence electrons. The zero-order chi connectivity index (χ0) is 37.2. The number of anilines is 4. The van der Waals surface area contributed by atoms with Crippen LogP contribution < -0.4 is 26.0 Å². The second kappa shape index (κ2) is 15.0. The number of hydrogen-bond acceptors (Lipinski definition) is 11. The van der Waals surface area contributed by atoms with Gasteiger partial charge in [0.1, 0.15) is 29.8 Å². The number of ether oxygens (including phenoxy) is 1. The Bertz CT molecular complexity index is 2200. The SMILES string of the molecule is COc1cc2ncnc(Nc3ccc(F)c(Cl)c3)c2cc1NC(=O)/C=C/CN1CCCC(Nc2cccc3c2C(=O)N(C2CCC(=O)NC2=O)C3=O)C1. The third-order valence-corrected chi connectivity index (χ3v) is 9.65. The van der Waals surface area contributed by atoms with E-state index in [0.717, 1.165) is 24.3 Å². The highest BCUT2D eigenvalue weighted by atomic mass is 35.5. The van der Waals surface area contributed by atoms with Crippen LogP contribution in [0.25, 0.3) is 10.9 Å². The van der Waals surface area contributed by atoms with Crippen molar-refractivity contribution in [1.29, 1.82) is 0 Å². The third-order valence-electron chi connectivity index (χ3n) is 9.36. The minimum Gasteiger partial charge on any atom is -0.494 e. The molecule has 16 heteroatoms. The molecular weight excluding hydrogens is 707 g/mol. The normalized spacial score (nSPS) is 19.0. The fraction of sp³-hybridized carbons (Fsp3) is 0.270. The first kappa shape index (κ1) is 35.5. The molecule has 5 amide bonds. The van der Waals surface area contributed by atoms with Crippen molar-refractivity contribution in [3.8, 4) is 5.75 Å². The molecule has 2 atom stereocenters. The summed E-state index contributed by atoms with van der Waals surface area (Å²) in [5, 5.41) is 12.2. The van der Waals surface area contributed by atoms with Crippen LogP contribution in [0, 0.1) is 5.82 Å². The molecular formula is C37H34ClFN8O6. The van der Waals surface area contributed by atoms with Crippen molar-refractivity contribution >= 4 is 74.9 Å². The Morgan fingerprint density at radius 1 is 1.08 bits per heavy atom. The molecule has 53 heavy (non-hydrogen) atoms. The number of halogens is 2. The van der Waals surface area contributed by atoms with Gasteiger partial charge in [-0.2, -0.15) is 0 Å². The van der Waals surface area contributed by atoms with E-state index in [4.69, 9.17) is 16.3 Å². The van der Waals surface area contributed by atoms with Gasteiger partial charge in [-0.1, -0.05) is 23.7 Å². The van der Waals surface area contributed by atoms with Crippen molar-refractivity contribution in [3.63, 3.8) is 0 Å². The maximum absolute atomic E-state index is 13.7. The van der Waals surface area contributed by atoms with Crippen LogP contribution in [0.5, 0.6) is 5.75 Å². The molecule has 4 aromatic rings. The lowest BCUT2D eigenvalue weighted by atomic mass is 10.0. The lowest BCUT2D eigenvalue weighted by Gasteiger charge is -2.33. The lowest BCUT2D eigenvalue weighted by molar-refractivity contribution is -0.136. The van der Waals surface area contributed by atoms with Crippen LogP contribution in [0.1, 0.15) is 46.4 Å². The Morgan fingerprint density at radius 3 is 2.72 bits per heavy atom. The van der Waals surface area contributed by atoms with Crippen LogP contribution in [0.15, 0.2) is 67.0 Å². The van der Waals surface area contributed by atoms with Gasteiger partial charge in [-0.25, -0.2) is 14.4 Å². The number of hydrogen-bond donors (Lipinski definition) is 4. The van der Waals surface area contributed by atoms with Gasteiger partial charge in [-0.3, -0.25) is 39.1 Å². The Kier molecular flexibility index (Phi) is 10.0. The van der Waals surface area contributed by atoms with E-state index in [-0.39, 0.29) is 40.9 Å². The third kappa shape index (κ3) is 7.39. The van der Waals surface area contributed by atoms with Crippen molar-refractivity contribution in [2.24, 2.45) is 0 Å². The summed E-state index contributed by atoms with van der Waals surface area (Å²) in [7, 11) is 1.49. The fourth-order valence-electron chi connectivity index (χ4n) is 6.84. The van der Waals surface area contributed by atoms with E-state index in [0.29, 0.717) is 52.6 Å². The van der Waals surface area contributed by atoms with Gasteiger partial charge in [0.15, 0.2) is 0 Å². The number of fused-ring (bicyclic) bond motifs is 2. The van der Waals surface area contributed by atoms with Crippen LogP contribution in [0.3, 0.4) is 0 Å². The van der Waals surface area contributed by atoms with Gasteiger partial charge in [0.2, 0.25) is 17.7 Å². The van der Waals surface area contributed by atoms with Gasteiger partial charge in [0.05, 0.1) is 34.5 Å². The minimum absolute atomic E-state index is 0.0419. The van der Waals surface area contributed by atoms with Crippen molar-refractivity contribution in [2.45, 2.75) is 37.8 Å². The summed E-state index contributed by atoms with van der Waals surface area (Å²) < 4.78 is 19.2. The first-order valence-corrected chi connectivity index (χ1v) is 17.3. The van der Waals surface area contributed by atoms with Gasteiger partial charge >= 0.3 is 0 Å². The van der Waals surface area contributed by atoms with E-state index in [9.17, 15) is 28.4 Å². The summed E-state index contributed by atoms with van der Waals surface area (Å²) in [5.41, 5.74) is 2.40. The first-order valence-electron chi connectivity index (χ1n) is 17.0. The maximum Gasteiger partial charge on any atom is 0.264 e. The minimum atomic E-state index is -1.04. The smallest absolute Gasteiger partial charge is 0.264 e. The van der Waals surface area contributed by atoms with Crippen LogP contribution in [0.2, 0.25) is 5.02 Å². The zero-order valence-electron chi connectivity index (χ0n) is 28.4. The number of nitrogens with one attached hydrogen (secondary N) is 4. The van der Waals surface area contributed by atoms with E-state index >= 15 is 0 Å². The largest absolute Gasteiger partial charge is 0.494 e. The average Bonchev–Trinajstić information content (AvgIpc) is 3.39. The number of imide groups is 2. The van der Waals surface area contributed by atoms with Crippen LogP contribution >= 0.6 is 11.6 Å². The number of rotatable bonds is 10. The van der Waals surface area contributed by atoms with E-state index in [1.807, 2.05) is 0 Å². The van der Waals surface area contributed by atoms with E-state index in [1.54, 1.807) is 36.4 Å². The maximum atomic E-state index is 13.7. The molecule has 3 aromatic carbocycles. The molecule has 3 aliphatic rings. The molecule has 2 fully saturated rings. The number of carbonyl (C=O) groups is 5. The second-order valence-corrected chi connectivity index (χ2v) is 13.3. The molecule has 0 radical (unpaired) electrons. The van der Waals surface area contributed by atoms with Crippen molar-refractivity contribution in [3.05, 3.63) is 89.0 Å². The van der Waals surface area contributed by atoms with Gasteiger partial charge in [0.25, 0.3) is 11.8 Å². The number of methoxy groups -OCH3 is 1. The Labute approximate surface area is 307 Å². The van der Waals surface area contributed by atoms with Crippen LogP contribution in [-0.4, -0.2) is 88.1 Å². The number of piperidine rings is 2. The molecule has 0 saturated carbocycles. The highest BCUT2D eigenvalue weighted by Gasteiger charge is 2.45. The van der Waals surface area contributed by atoms with E-state index in [2.05, 4.69) is 36.1 Å². The summed E-state index contributed by atoms with van der Waals surface area (Å²) in [6.45, 7) is 1.89. The summed E-state index contributed by atoms with van der Waals surface area (Å²) in [5.74, 6) is -2.32. The van der Waals surface area contributed by atoms with Crippen LogP contribution in [0.4, 0.5) is 27.3 Å². The van der Waals surface area contributed by atoms with Crippen molar-refractivity contribution in [2.75, 3.05) is 42.7 Å². The predicted molar refractivity (Wildman–Crippen MR) is 195 cm³/mol. The number of likely N-dealkylation sites (tertiary alicyclic amines) is 1. The monoisotopic (exact) mass is 740 g/mol. The fourth-order valence-corrected chi connectivity index (χ4v) is 7.02. The zero-order valence-corrected chi connectivity index (χ0v) is 29.2. The first-order chi connectivity index (χ1) is 25.6. The Morgan fingerprint density at radius 2 is 1.92 bits per heavy atom. The highest BCUT2D eigenvalue weighted by Crippen LogP contribution is 2.35. The molecule has 0 bridgehead atoms.